The van der Waals surface area contributed by atoms with Crippen molar-refractivity contribution in [3.05, 3.63) is 33.9 Å². The van der Waals surface area contributed by atoms with Crippen LogP contribution in [0.3, 0.4) is 0 Å². The lowest BCUT2D eigenvalue weighted by Gasteiger charge is -2.12. The fourth-order valence-corrected chi connectivity index (χ4v) is 3.08. The highest BCUT2D eigenvalue weighted by atomic mass is 79.9. The molecule has 1 unspecified atom stereocenters. The van der Waals surface area contributed by atoms with Crippen LogP contribution in [0.25, 0.3) is 10.9 Å². The van der Waals surface area contributed by atoms with Gasteiger partial charge in [0.05, 0.1) is 0 Å². The average Bonchev–Trinajstić information content (AvgIpc) is 2.51. The summed E-state index contributed by atoms with van der Waals surface area (Å²) in [5, 5.41) is 4.58. The molecule has 2 aromatic rings. The number of fused-ring (bicyclic) bond motifs is 1. The SMILES string of the molecule is CNC(C)c1c(Br)c2cc(C)ccc2n1C. The maximum atomic E-state index is 3.72. The third-order valence-corrected chi connectivity index (χ3v) is 4.01. The van der Waals surface area contributed by atoms with Crippen molar-refractivity contribution >= 4 is 26.8 Å². The minimum absolute atomic E-state index is 0.340. The second-order valence-corrected chi connectivity index (χ2v) is 5.08. The van der Waals surface area contributed by atoms with Gasteiger partial charge in [0, 0.05) is 34.2 Å². The van der Waals surface area contributed by atoms with Crippen LogP contribution in [0.1, 0.15) is 24.2 Å². The Bertz CT molecular complexity index is 528. The number of hydrogen-bond acceptors (Lipinski definition) is 1. The summed E-state index contributed by atoms with van der Waals surface area (Å²) in [6.07, 6.45) is 0. The van der Waals surface area contributed by atoms with Gasteiger partial charge in [-0.2, -0.15) is 0 Å². The molecular weight excluding hydrogens is 264 g/mol. The number of nitrogens with zero attached hydrogens (tertiary/aromatic N) is 1. The smallest absolute Gasteiger partial charge is 0.0496 e. The van der Waals surface area contributed by atoms with Crippen molar-refractivity contribution in [2.45, 2.75) is 19.9 Å². The van der Waals surface area contributed by atoms with Gasteiger partial charge in [-0.1, -0.05) is 11.6 Å². The molecule has 1 aromatic heterocycles. The van der Waals surface area contributed by atoms with Crippen LogP contribution in [-0.4, -0.2) is 11.6 Å². The van der Waals surface area contributed by atoms with Crippen LogP contribution in [0.15, 0.2) is 22.7 Å². The summed E-state index contributed by atoms with van der Waals surface area (Å²) in [6.45, 7) is 4.30. The van der Waals surface area contributed by atoms with Crippen molar-refractivity contribution in [1.29, 1.82) is 0 Å². The Labute approximate surface area is 105 Å². The molecule has 0 aliphatic carbocycles. The van der Waals surface area contributed by atoms with Crippen LogP contribution in [0.2, 0.25) is 0 Å². The van der Waals surface area contributed by atoms with E-state index in [1.165, 1.54) is 26.6 Å². The first-order chi connectivity index (χ1) is 7.56. The van der Waals surface area contributed by atoms with Gasteiger partial charge in [0.2, 0.25) is 0 Å². The summed E-state index contributed by atoms with van der Waals surface area (Å²) in [6, 6.07) is 6.90. The first kappa shape index (κ1) is 11.7. The Hall–Kier alpha value is -0.800. The van der Waals surface area contributed by atoms with Crippen LogP contribution in [-0.2, 0) is 7.05 Å². The molecule has 2 nitrogen and oxygen atoms in total. The van der Waals surface area contributed by atoms with E-state index in [2.05, 4.69) is 64.9 Å². The fourth-order valence-electron chi connectivity index (χ4n) is 2.15. The van der Waals surface area contributed by atoms with Gasteiger partial charge in [0.15, 0.2) is 0 Å². The van der Waals surface area contributed by atoms with Gasteiger partial charge in [0.25, 0.3) is 0 Å². The molecule has 0 fully saturated rings. The van der Waals surface area contributed by atoms with Crippen LogP contribution in [0.4, 0.5) is 0 Å². The Kier molecular flexibility index (Phi) is 3.08. The highest BCUT2D eigenvalue weighted by molar-refractivity contribution is 9.10. The first-order valence-corrected chi connectivity index (χ1v) is 6.27. The summed E-state index contributed by atoms with van der Waals surface area (Å²) in [5.74, 6) is 0. The molecule has 1 N–H and O–H groups in total. The van der Waals surface area contributed by atoms with Gasteiger partial charge in [-0.25, -0.2) is 0 Å². The molecule has 0 saturated heterocycles. The molecule has 0 spiro atoms. The quantitative estimate of drug-likeness (QED) is 0.891. The van der Waals surface area contributed by atoms with Crippen LogP contribution >= 0.6 is 15.9 Å². The number of hydrogen-bond donors (Lipinski definition) is 1. The van der Waals surface area contributed by atoms with E-state index in [-0.39, 0.29) is 0 Å². The summed E-state index contributed by atoms with van der Waals surface area (Å²) in [7, 11) is 4.10. The minimum atomic E-state index is 0.340. The van der Waals surface area contributed by atoms with E-state index >= 15 is 0 Å². The molecule has 16 heavy (non-hydrogen) atoms. The standard InChI is InChI=1S/C13H17BrN2/c1-8-5-6-11-10(7-8)12(14)13(16(11)4)9(2)15-3/h5-7,9,15H,1-4H3. The highest BCUT2D eigenvalue weighted by Crippen LogP contribution is 2.34. The Morgan fingerprint density at radius 2 is 2.06 bits per heavy atom. The van der Waals surface area contributed by atoms with Crippen molar-refractivity contribution in [2.24, 2.45) is 7.05 Å². The van der Waals surface area contributed by atoms with Crippen molar-refractivity contribution in [2.75, 3.05) is 7.05 Å². The summed E-state index contributed by atoms with van der Waals surface area (Å²) < 4.78 is 3.45. The maximum absolute atomic E-state index is 3.72. The average molecular weight is 281 g/mol. The van der Waals surface area contributed by atoms with Crippen LogP contribution < -0.4 is 5.32 Å². The topological polar surface area (TPSA) is 17.0 Å². The van der Waals surface area contributed by atoms with Gasteiger partial charge >= 0.3 is 0 Å². The Morgan fingerprint density at radius 3 is 2.69 bits per heavy atom. The zero-order chi connectivity index (χ0) is 11.9. The second kappa shape index (κ2) is 4.22. The molecule has 0 aliphatic heterocycles. The maximum Gasteiger partial charge on any atom is 0.0496 e. The lowest BCUT2D eigenvalue weighted by molar-refractivity contribution is 0.607. The van der Waals surface area contributed by atoms with Crippen LogP contribution in [0, 0.1) is 6.92 Å². The molecule has 3 heteroatoms. The van der Waals surface area contributed by atoms with Gasteiger partial charge in [0.1, 0.15) is 0 Å². The Balaban J connectivity index is 2.76. The fraction of sp³-hybridized carbons (Fsp3) is 0.385. The van der Waals surface area contributed by atoms with E-state index in [0.29, 0.717) is 6.04 Å². The van der Waals surface area contributed by atoms with E-state index in [4.69, 9.17) is 0 Å². The normalized spacial score (nSPS) is 13.3. The number of aromatic nitrogens is 1. The zero-order valence-corrected chi connectivity index (χ0v) is 11.7. The highest BCUT2D eigenvalue weighted by Gasteiger charge is 2.16. The number of rotatable bonds is 2. The molecule has 86 valence electrons. The van der Waals surface area contributed by atoms with Crippen molar-refractivity contribution in [1.82, 2.24) is 9.88 Å². The molecule has 1 aromatic carbocycles. The van der Waals surface area contributed by atoms with E-state index < -0.39 is 0 Å². The van der Waals surface area contributed by atoms with E-state index in [9.17, 15) is 0 Å². The molecule has 0 aliphatic rings. The Morgan fingerprint density at radius 1 is 1.38 bits per heavy atom. The van der Waals surface area contributed by atoms with E-state index in [0.717, 1.165) is 0 Å². The summed E-state index contributed by atoms with van der Waals surface area (Å²) >= 11 is 3.72. The molecule has 0 amide bonds. The predicted octanol–water partition coefficient (Wildman–Crippen LogP) is 3.53. The third kappa shape index (κ3) is 1.68. The van der Waals surface area contributed by atoms with Gasteiger partial charge in [-0.15, -0.1) is 0 Å². The number of benzene rings is 1. The summed E-state index contributed by atoms with van der Waals surface area (Å²) in [5.41, 5.74) is 3.86. The van der Waals surface area contributed by atoms with Gasteiger partial charge < -0.3 is 9.88 Å². The van der Waals surface area contributed by atoms with Crippen molar-refractivity contribution in [3.8, 4) is 0 Å². The monoisotopic (exact) mass is 280 g/mol. The van der Waals surface area contributed by atoms with Crippen molar-refractivity contribution in [3.63, 3.8) is 0 Å². The molecule has 1 atom stereocenters. The number of nitrogens with one attached hydrogen (secondary N) is 1. The van der Waals surface area contributed by atoms with Gasteiger partial charge in [-0.3, -0.25) is 0 Å². The minimum Gasteiger partial charge on any atom is -0.345 e. The van der Waals surface area contributed by atoms with E-state index in [1.54, 1.807) is 0 Å². The van der Waals surface area contributed by atoms with Crippen molar-refractivity contribution < 1.29 is 0 Å². The molecule has 1 heterocycles. The lowest BCUT2D eigenvalue weighted by atomic mass is 10.1. The summed E-state index contributed by atoms with van der Waals surface area (Å²) in [4.78, 5) is 0. The van der Waals surface area contributed by atoms with Crippen LogP contribution in [0.5, 0.6) is 0 Å². The second-order valence-electron chi connectivity index (χ2n) is 4.29. The van der Waals surface area contributed by atoms with E-state index in [1.807, 2.05) is 7.05 Å². The molecule has 2 rings (SSSR count). The zero-order valence-electron chi connectivity index (χ0n) is 10.1. The molecule has 0 radical (unpaired) electrons. The number of aryl methyl sites for hydroxylation is 2. The predicted molar refractivity (Wildman–Crippen MR) is 72.8 cm³/mol. The molecular formula is C13H17BrN2. The lowest BCUT2D eigenvalue weighted by Crippen LogP contribution is -2.15. The third-order valence-electron chi connectivity index (χ3n) is 3.18. The first-order valence-electron chi connectivity index (χ1n) is 5.48. The largest absolute Gasteiger partial charge is 0.345 e. The molecule has 0 saturated carbocycles. The van der Waals surface area contributed by atoms with Gasteiger partial charge in [-0.05, 0) is 49.0 Å². The molecule has 0 bridgehead atoms. The number of halogens is 1.